The van der Waals surface area contributed by atoms with Crippen molar-refractivity contribution in [3.05, 3.63) is 40.8 Å². The Morgan fingerprint density at radius 1 is 0.930 bits per heavy atom. The Balaban J connectivity index is 2.45. The summed E-state index contributed by atoms with van der Waals surface area (Å²) in [6.07, 6.45) is -4.97. The first-order valence-corrected chi connectivity index (χ1v) is 15.2. The minimum Gasteiger partial charge on any atom is -0.441 e. The van der Waals surface area contributed by atoms with E-state index in [0.717, 1.165) is 32.1 Å². The number of aliphatic imine (C=N–C) groups is 1. The summed E-state index contributed by atoms with van der Waals surface area (Å²) >= 11 is 0. The van der Waals surface area contributed by atoms with Gasteiger partial charge >= 0.3 is 6.18 Å². The average Bonchev–Trinajstić information content (AvgIpc) is 2.98. The molecule has 244 valence electrons. The minimum atomic E-state index is -4.90. The van der Waals surface area contributed by atoms with E-state index in [1.165, 1.54) is 12.1 Å². The fourth-order valence-corrected chi connectivity index (χ4v) is 4.27. The summed E-state index contributed by atoms with van der Waals surface area (Å²) in [4.78, 5) is 6.54. The maximum absolute atomic E-state index is 14.2. The van der Waals surface area contributed by atoms with Crippen LogP contribution in [0.4, 0.5) is 18.9 Å². The highest BCUT2D eigenvalue weighted by Crippen LogP contribution is 2.33. The van der Waals surface area contributed by atoms with Crippen LogP contribution >= 0.6 is 0 Å². The molecule has 0 spiro atoms. The fourth-order valence-electron chi connectivity index (χ4n) is 4.27. The standard InChI is InChI=1S/C30H47F3N4O6/c1-5-8-16-39-25-24(21-38-20-22(4)19-35-37-34)42-28(27(41-18-10-7-3)26(25)40-17-9-6-2)43-29(30(31,32)33)36-23-14-12-11-13-15-23/h11-15,22,24-28H,5-10,16-21H2,1-4H3/t22?,24?,25-,26?,27-,28-/m0/s1. The monoisotopic (exact) mass is 616 g/mol. The second-order valence-electron chi connectivity index (χ2n) is 10.5. The van der Waals surface area contributed by atoms with Gasteiger partial charge in [0.2, 0.25) is 6.29 Å². The summed E-state index contributed by atoms with van der Waals surface area (Å²) in [6, 6.07) is 7.77. The molecule has 13 heteroatoms. The van der Waals surface area contributed by atoms with Crippen LogP contribution in [0.1, 0.15) is 66.2 Å². The highest BCUT2D eigenvalue weighted by Gasteiger charge is 2.52. The number of halogens is 3. The van der Waals surface area contributed by atoms with Crippen molar-refractivity contribution in [3.8, 4) is 0 Å². The number of hydrogen-bond acceptors (Lipinski definition) is 8. The Kier molecular flexibility index (Phi) is 17.6. The Labute approximate surface area is 252 Å². The molecule has 1 saturated heterocycles. The zero-order valence-corrected chi connectivity index (χ0v) is 25.7. The number of ether oxygens (including phenoxy) is 6. The van der Waals surface area contributed by atoms with Gasteiger partial charge in [-0.15, -0.1) is 0 Å². The summed E-state index contributed by atoms with van der Waals surface area (Å²) in [7, 11) is 0. The van der Waals surface area contributed by atoms with Gasteiger partial charge < -0.3 is 28.4 Å². The summed E-state index contributed by atoms with van der Waals surface area (Å²) in [5.41, 5.74) is 8.69. The van der Waals surface area contributed by atoms with Gasteiger partial charge in [0.25, 0.3) is 5.90 Å². The Bertz CT molecular complexity index is 965. The third kappa shape index (κ3) is 13.4. The molecule has 3 unspecified atom stereocenters. The summed E-state index contributed by atoms with van der Waals surface area (Å²) in [6.45, 7) is 9.42. The topological polar surface area (TPSA) is 117 Å². The minimum absolute atomic E-state index is 0.0102. The first kappa shape index (κ1) is 36.8. The highest BCUT2D eigenvalue weighted by atomic mass is 19.4. The maximum atomic E-state index is 14.2. The van der Waals surface area contributed by atoms with Gasteiger partial charge in [-0.2, -0.15) is 13.2 Å². The first-order valence-electron chi connectivity index (χ1n) is 15.2. The van der Waals surface area contributed by atoms with Crippen molar-refractivity contribution >= 4 is 11.6 Å². The molecule has 2 rings (SSSR count). The lowest BCUT2D eigenvalue weighted by Crippen LogP contribution is -2.62. The highest BCUT2D eigenvalue weighted by molar-refractivity contribution is 5.84. The van der Waals surface area contributed by atoms with Crippen LogP contribution < -0.4 is 0 Å². The molecule has 0 aromatic heterocycles. The van der Waals surface area contributed by atoms with Crippen molar-refractivity contribution in [2.24, 2.45) is 16.0 Å². The molecular weight excluding hydrogens is 569 g/mol. The second kappa shape index (κ2) is 20.5. The molecule has 10 nitrogen and oxygen atoms in total. The van der Waals surface area contributed by atoms with Crippen LogP contribution in [0, 0.1) is 5.92 Å². The molecule has 1 aliphatic heterocycles. The third-order valence-electron chi connectivity index (χ3n) is 6.61. The summed E-state index contributed by atoms with van der Waals surface area (Å²) in [5, 5.41) is 3.57. The van der Waals surface area contributed by atoms with Crippen LogP contribution in [0.3, 0.4) is 0 Å². The lowest BCUT2D eigenvalue weighted by atomic mass is 9.98. The number of unbranched alkanes of at least 4 members (excludes halogenated alkanes) is 3. The molecule has 0 saturated carbocycles. The number of para-hydroxylation sites is 1. The Hall–Kier alpha value is -2.41. The molecule has 0 amide bonds. The zero-order chi connectivity index (χ0) is 31.5. The maximum Gasteiger partial charge on any atom is 0.468 e. The van der Waals surface area contributed by atoms with Crippen molar-refractivity contribution in [1.29, 1.82) is 0 Å². The smallest absolute Gasteiger partial charge is 0.441 e. The van der Waals surface area contributed by atoms with Gasteiger partial charge in [-0.3, -0.25) is 0 Å². The number of azide groups is 1. The molecule has 1 fully saturated rings. The lowest BCUT2D eigenvalue weighted by molar-refractivity contribution is -0.311. The van der Waals surface area contributed by atoms with Crippen LogP contribution in [-0.2, 0) is 28.4 Å². The predicted octanol–water partition coefficient (Wildman–Crippen LogP) is 7.54. The lowest BCUT2D eigenvalue weighted by Gasteiger charge is -2.45. The largest absolute Gasteiger partial charge is 0.468 e. The van der Waals surface area contributed by atoms with E-state index in [-0.39, 0.29) is 38.0 Å². The quantitative estimate of drug-likeness (QED) is 0.0373. The van der Waals surface area contributed by atoms with Gasteiger partial charge in [0.05, 0.1) is 12.3 Å². The summed E-state index contributed by atoms with van der Waals surface area (Å²) < 4.78 is 79.1. The molecule has 43 heavy (non-hydrogen) atoms. The Morgan fingerprint density at radius 3 is 2.07 bits per heavy atom. The van der Waals surface area contributed by atoms with Crippen LogP contribution in [0.15, 0.2) is 40.4 Å². The van der Waals surface area contributed by atoms with E-state index in [1.54, 1.807) is 18.2 Å². The van der Waals surface area contributed by atoms with Crippen molar-refractivity contribution in [1.82, 2.24) is 0 Å². The number of nitrogens with zero attached hydrogens (tertiary/aromatic N) is 4. The molecule has 1 aromatic carbocycles. The van der Waals surface area contributed by atoms with Crippen molar-refractivity contribution in [2.45, 2.75) is 103 Å². The van der Waals surface area contributed by atoms with Crippen molar-refractivity contribution in [2.75, 3.05) is 39.6 Å². The summed E-state index contributed by atoms with van der Waals surface area (Å²) in [5.74, 6) is -1.53. The normalized spacial score (nSPS) is 23.5. The van der Waals surface area contributed by atoms with Gasteiger partial charge in [-0.05, 0) is 42.8 Å². The van der Waals surface area contributed by atoms with E-state index < -0.39 is 42.8 Å². The van der Waals surface area contributed by atoms with Gasteiger partial charge in [0.15, 0.2) is 0 Å². The molecule has 0 aliphatic carbocycles. The molecule has 0 bridgehead atoms. The molecule has 0 N–H and O–H groups in total. The average molecular weight is 617 g/mol. The third-order valence-corrected chi connectivity index (χ3v) is 6.61. The van der Waals surface area contributed by atoms with E-state index in [2.05, 4.69) is 15.0 Å². The fraction of sp³-hybridized carbons (Fsp3) is 0.767. The van der Waals surface area contributed by atoms with Crippen molar-refractivity contribution < 1.29 is 41.6 Å². The van der Waals surface area contributed by atoms with Crippen molar-refractivity contribution in [3.63, 3.8) is 0 Å². The van der Waals surface area contributed by atoms with E-state index in [0.29, 0.717) is 19.6 Å². The number of hydrogen-bond donors (Lipinski definition) is 0. The predicted molar refractivity (Wildman–Crippen MR) is 157 cm³/mol. The number of rotatable bonds is 20. The van der Waals surface area contributed by atoms with Crippen LogP contribution in [-0.4, -0.2) is 82.4 Å². The SMILES string of the molecule is CCCCOC1[C@@H](OCCCC)C(COCC(C)CN=[N+]=[N-])O[C@@H](OC(=Nc2ccccc2)C(F)(F)F)[C@H]1OCCCC. The van der Waals surface area contributed by atoms with Gasteiger partial charge in [0, 0.05) is 37.9 Å². The van der Waals surface area contributed by atoms with Gasteiger partial charge in [0.1, 0.15) is 24.4 Å². The first-order chi connectivity index (χ1) is 20.7. The molecule has 1 aromatic rings. The molecule has 0 radical (unpaired) electrons. The number of alkyl halides is 3. The molecule has 1 aliphatic rings. The van der Waals surface area contributed by atoms with Gasteiger partial charge in [-0.25, -0.2) is 4.99 Å². The number of benzene rings is 1. The van der Waals surface area contributed by atoms with Crippen LogP contribution in [0.5, 0.6) is 0 Å². The van der Waals surface area contributed by atoms with E-state index in [9.17, 15) is 13.2 Å². The van der Waals surface area contributed by atoms with Crippen LogP contribution in [0.2, 0.25) is 0 Å². The molecular formula is C30H47F3N4O6. The van der Waals surface area contributed by atoms with Crippen LogP contribution in [0.25, 0.3) is 10.4 Å². The van der Waals surface area contributed by atoms with E-state index in [4.69, 9.17) is 34.0 Å². The molecule has 6 atom stereocenters. The van der Waals surface area contributed by atoms with Gasteiger partial charge in [-0.1, -0.05) is 70.3 Å². The van der Waals surface area contributed by atoms with E-state index in [1.807, 2.05) is 27.7 Å². The second-order valence-corrected chi connectivity index (χ2v) is 10.5. The van der Waals surface area contributed by atoms with E-state index >= 15 is 0 Å². The Morgan fingerprint density at radius 2 is 1.51 bits per heavy atom. The molecule has 1 heterocycles. The zero-order valence-electron chi connectivity index (χ0n) is 25.7.